The Labute approximate surface area is 66.7 Å². The lowest BCUT2D eigenvalue weighted by Gasteiger charge is -1.93. The molecule has 0 aromatic heterocycles. The molecule has 0 amide bonds. The van der Waals surface area contributed by atoms with Crippen LogP contribution in [-0.2, 0) is 0 Å². The van der Waals surface area contributed by atoms with Crippen molar-refractivity contribution in [2.45, 2.75) is 0 Å². The number of halogens is 4. The molecule has 1 rings (SSSR count). The molecule has 0 saturated heterocycles. The van der Waals surface area contributed by atoms with E-state index in [0.717, 1.165) is 0 Å². The highest BCUT2D eigenvalue weighted by molar-refractivity contribution is 6.30. The molecule has 0 saturated carbocycles. The molecule has 0 fully saturated rings. The molecule has 0 radical (unpaired) electrons. The average Bonchev–Trinajstić information content (AvgIpc) is 1.80. The summed E-state index contributed by atoms with van der Waals surface area (Å²) in [6.45, 7) is 0. The van der Waals surface area contributed by atoms with E-state index < -0.39 is 5.82 Å². The van der Waals surface area contributed by atoms with E-state index in [0.29, 0.717) is 5.69 Å². The summed E-state index contributed by atoms with van der Waals surface area (Å²) in [5, 5.41) is 0.0648. The van der Waals surface area contributed by atoms with Crippen molar-refractivity contribution in [2.75, 3.05) is 5.73 Å². The molecule has 0 spiro atoms. The van der Waals surface area contributed by atoms with Crippen LogP contribution in [0.15, 0.2) is 18.2 Å². The van der Waals surface area contributed by atoms with Crippen molar-refractivity contribution < 1.29 is 13.8 Å². The number of nitrogens with two attached hydrogens (primary N) is 1. The predicted octanol–water partition coefficient (Wildman–Crippen LogP) is 2.37. The third-order valence-electron chi connectivity index (χ3n) is 0.944. The largest absolute Gasteiger partial charge is 0.399 e. The molecule has 2 N–H and O–H groups in total. The van der Waals surface area contributed by atoms with Crippen molar-refractivity contribution in [3.63, 3.8) is 0 Å². The monoisotopic (exact) mass is 185 g/mol. The van der Waals surface area contributed by atoms with Gasteiger partial charge in [-0.05, 0) is 18.2 Å². The number of hydrogen-bond acceptors (Lipinski definition) is 1. The van der Waals surface area contributed by atoms with Crippen molar-refractivity contribution in [2.24, 2.45) is 0 Å². The zero-order chi connectivity index (χ0) is 6.85. The van der Waals surface area contributed by atoms with E-state index in [1.165, 1.54) is 18.2 Å². The lowest BCUT2D eigenvalue weighted by atomic mass is 10.3. The zero-order valence-electron chi connectivity index (χ0n) is 5.38. The molecule has 1 aromatic rings. The average molecular weight is 186 g/mol. The molecule has 1 aromatic carbocycles. The number of anilines is 1. The smallest absolute Gasteiger partial charge is 0.141 e. The van der Waals surface area contributed by atoms with E-state index >= 15 is 0 Å². The summed E-state index contributed by atoms with van der Waals surface area (Å²) in [7, 11) is 0. The Hall–Kier alpha value is -0.900. The summed E-state index contributed by atoms with van der Waals surface area (Å²) < 4.78 is 12.3. The first kappa shape index (κ1) is 12.7. The Kier molecular flexibility index (Phi) is 5.62. The van der Waals surface area contributed by atoms with E-state index in [2.05, 4.69) is 0 Å². The van der Waals surface area contributed by atoms with Gasteiger partial charge in [-0.1, -0.05) is 11.6 Å². The fourth-order valence-electron chi connectivity index (χ4n) is 0.512. The number of rotatable bonds is 0. The molecule has 0 aliphatic carbocycles. The molecule has 0 heterocycles. The first-order chi connectivity index (χ1) is 4.20. The van der Waals surface area contributed by atoms with E-state index in [1.54, 1.807) is 0 Å². The number of benzene rings is 1. The second-order valence-corrected chi connectivity index (χ2v) is 2.08. The standard InChI is InChI=1S/C6H5ClFN.2FH/c7-5-3-4(9)1-2-6(5)8;;/h1-3H,9H2;2*1H. The van der Waals surface area contributed by atoms with Crippen LogP contribution < -0.4 is 5.73 Å². The normalized spacial score (nSPS) is 7.82. The molecule has 11 heavy (non-hydrogen) atoms. The van der Waals surface area contributed by atoms with E-state index in [-0.39, 0.29) is 14.4 Å². The van der Waals surface area contributed by atoms with Gasteiger partial charge in [-0.25, -0.2) is 4.39 Å². The van der Waals surface area contributed by atoms with Crippen LogP contribution >= 0.6 is 11.6 Å². The molecule has 5 heteroatoms. The molecule has 0 aliphatic heterocycles. The van der Waals surface area contributed by atoms with Gasteiger partial charge in [0, 0.05) is 5.69 Å². The van der Waals surface area contributed by atoms with E-state index in [4.69, 9.17) is 17.3 Å². The number of nitrogen functional groups attached to an aromatic ring is 1. The molecule has 0 bridgehead atoms. The number of hydrogen-bond donors (Lipinski definition) is 1. The maximum atomic E-state index is 12.3. The minimum Gasteiger partial charge on any atom is -0.399 e. The van der Waals surface area contributed by atoms with Gasteiger partial charge in [0.05, 0.1) is 5.02 Å². The Morgan fingerprint density at radius 3 is 2.18 bits per heavy atom. The Morgan fingerprint density at radius 1 is 1.27 bits per heavy atom. The summed E-state index contributed by atoms with van der Waals surface area (Å²) in [5.41, 5.74) is 5.75. The van der Waals surface area contributed by atoms with Crippen molar-refractivity contribution in [3.05, 3.63) is 29.0 Å². The third-order valence-corrected chi connectivity index (χ3v) is 1.23. The van der Waals surface area contributed by atoms with Crippen molar-refractivity contribution >= 4 is 17.3 Å². The molecule has 64 valence electrons. The Morgan fingerprint density at radius 2 is 1.82 bits per heavy atom. The van der Waals surface area contributed by atoms with Crippen LogP contribution in [0.25, 0.3) is 0 Å². The maximum absolute atomic E-state index is 12.3. The van der Waals surface area contributed by atoms with Crippen LogP contribution in [0.2, 0.25) is 5.02 Å². The first-order valence-corrected chi connectivity index (χ1v) is 2.78. The fourth-order valence-corrected chi connectivity index (χ4v) is 0.701. The fraction of sp³-hybridized carbons (Fsp3) is 0. The van der Waals surface area contributed by atoms with Crippen molar-refractivity contribution in [3.8, 4) is 0 Å². The quantitative estimate of drug-likeness (QED) is 0.617. The Balaban J connectivity index is 0. The predicted molar refractivity (Wildman–Crippen MR) is 40.8 cm³/mol. The van der Waals surface area contributed by atoms with Crippen LogP contribution in [0.4, 0.5) is 19.5 Å². The minimum absolute atomic E-state index is 0. The van der Waals surface area contributed by atoms with Crippen LogP contribution in [0.5, 0.6) is 0 Å². The summed E-state index contributed by atoms with van der Waals surface area (Å²) >= 11 is 5.36. The van der Waals surface area contributed by atoms with Crippen LogP contribution in [0, 0.1) is 5.82 Å². The van der Waals surface area contributed by atoms with E-state index in [9.17, 15) is 4.39 Å². The topological polar surface area (TPSA) is 26.0 Å². The summed E-state index contributed by atoms with van der Waals surface area (Å²) in [6.07, 6.45) is 0. The van der Waals surface area contributed by atoms with Crippen LogP contribution in [-0.4, -0.2) is 0 Å². The zero-order valence-corrected chi connectivity index (χ0v) is 6.14. The van der Waals surface area contributed by atoms with Gasteiger partial charge in [-0.15, -0.1) is 0 Å². The van der Waals surface area contributed by atoms with Gasteiger partial charge in [0.1, 0.15) is 5.82 Å². The molecule has 0 aliphatic rings. The summed E-state index contributed by atoms with van der Waals surface area (Å²) in [5.74, 6) is -0.439. The van der Waals surface area contributed by atoms with Gasteiger partial charge < -0.3 is 5.73 Å². The highest BCUT2D eigenvalue weighted by Gasteiger charge is 1.95. The van der Waals surface area contributed by atoms with E-state index in [1.807, 2.05) is 0 Å². The van der Waals surface area contributed by atoms with Gasteiger partial charge in [0.15, 0.2) is 0 Å². The summed E-state index contributed by atoms with van der Waals surface area (Å²) in [4.78, 5) is 0. The second kappa shape index (κ2) is 4.85. The van der Waals surface area contributed by atoms with Gasteiger partial charge in [-0.3, -0.25) is 9.41 Å². The van der Waals surface area contributed by atoms with Crippen molar-refractivity contribution in [1.82, 2.24) is 0 Å². The highest BCUT2D eigenvalue weighted by Crippen LogP contribution is 2.16. The van der Waals surface area contributed by atoms with Crippen LogP contribution in [0.1, 0.15) is 0 Å². The lowest BCUT2D eigenvalue weighted by molar-refractivity contribution is 0.628. The van der Waals surface area contributed by atoms with Gasteiger partial charge in [0.25, 0.3) is 0 Å². The summed E-state index contributed by atoms with van der Waals surface area (Å²) in [6, 6.07) is 4.07. The first-order valence-electron chi connectivity index (χ1n) is 2.40. The second-order valence-electron chi connectivity index (χ2n) is 1.67. The molecule has 1 nitrogen and oxygen atoms in total. The van der Waals surface area contributed by atoms with Gasteiger partial charge in [0.2, 0.25) is 0 Å². The highest BCUT2D eigenvalue weighted by atomic mass is 35.5. The SMILES string of the molecule is F.F.Nc1ccc(F)c(Cl)c1. The van der Waals surface area contributed by atoms with Crippen LogP contribution in [0.3, 0.4) is 0 Å². The van der Waals surface area contributed by atoms with Gasteiger partial charge in [-0.2, -0.15) is 0 Å². The lowest BCUT2D eigenvalue weighted by Crippen LogP contribution is -1.84. The van der Waals surface area contributed by atoms with Crippen molar-refractivity contribution in [1.29, 1.82) is 0 Å². The molecular weight excluding hydrogens is 179 g/mol. The Bertz CT molecular complexity index is 229. The molecule has 0 unspecified atom stereocenters. The van der Waals surface area contributed by atoms with Gasteiger partial charge >= 0.3 is 0 Å². The third kappa shape index (κ3) is 3.13. The maximum Gasteiger partial charge on any atom is 0.141 e. The molecule has 0 atom stereocenters. The molecular formula is C6H7ClF3N. The minimum atomic E-state index is -0.439.